The molecule has 1 aromatic carbocycles. The van der Waals surface area contributed by atoms with Crippen molar-refractivity contribution in [2.75, 3.05) is 43.9 Å². The average Bonchev–Trinajstić information content (AvgIpc) is 2.78. The lowest BCUT2D eigenvalue weighted by atomic mass is 10.2. The fourth-order valence-corrected chi connectivity index (χ4v) is 3.02. The van der Waals surface area contributed by atoms with Crippen LogP contribution in [0.4, 0.5) is 11.6 Å². The van der Waals surface area contributed by atoms with E-state index in [-0.39, 0.29) is 0 Å². The molecule has 0 amide bonds. The Bertz CT molecular complexity index is 656. The quantitative estimate of drug-likeness (QED) is 0.867. The zero-order chi connectivity index (χ0) is 15.1. The molecule has 5 nitrogen and oxygen atoms in total. The Labute approximate surface area is 130 Å². The van der Waals surface area contributed by atoms with Gasteiger partial charge in [0.15, 0.2) is 0 Å². The molecule has 114 valence electrons. The Hall–Kier alpha value is -1.46. The highest BCUT2D eigenvalue weighted by Gasteiger charge is 2.22. The molecule has 6 heteroatoms. The molecule has 21 heavy (non-hydrogen) atoms. The van der Waals surface area contributed by atoms with E-state index in [0.29, 0.717) is 16.8 Å². The maximum Gasteiger partial charge on any atom is 0.206 e. The Morgan fingerprint density at radius 1 is 1.19 bits per heavy atom. The molecule has 3 rings (SSSR count). The van der Waals surface area contributed by atoms with Crippen LogP contribution in [0, 0.1) is 0 Å². The molecule has 0 unspecified atom stereocenters. The van der Waals surface area contributed by atoms with Crippen LogP contribution in [-0.4, -0.2) is 47.7 Å². The maximum atomic E-state index is 6.14. The van der Waals surface area contributed by atoms with Gasteiger partial charge < -0.3 is 20.1 Å². The van der Waals surface area contributed by atoms with Gasteiger partial charge in [0.05, 0.1) is 21.7 Å². The molecule has 2 N–H and O–H groups in total. The number of nitrogens with two attached hydrogens (primary N) is 1. The first kappa shape index (κ1) is 14.5. The van der Waals surface area contributed by atoms with Gasteiger partial charge in [-0.1, -0.05) is 11.6 Å². The topological polar surface area (TPSA) is 50.3 Å². The minimum atomic E-state index is 0.324. The highest BCUT2D eigenvalue weighted by Crippen LogP contribution is 2.32. The molecule has 1 saturated heterocycles. The van der Waals surface area contributed by atoms with E-state index in [1.807, 2.05) is 12.1 Å². The van der Waals surface area contributed by atoms with E-state index >= 15 is 0 Å². The van der Waals surface area contributed by atoms with E-state index in [1.54, 1.807) is 0 Å². The predicted octanol–water partition coefficient (Wildman–Crippen LogP) is 2.60. The number of anilines is 2. The highest BCUT2D eigenvalue weighted by molar-refractivity contribution is 6.33. The Balaban J connectivity index is 2.11. The number of fused-ring (bicyclic) bond motifs is 1. The third-order valence-electron chi connectivity index (χ3n) is 4.09. The van der Waals surface area contributed by atoms with E-state index in [1.165, 1.54) is 0 Å². The van der Waals surface area contributed by atoms with Crippen LogP contribution in [0.1, 0.15) is 19.9 Å². The minimum absolute atomic E-state index is 0.324. The Morgan fingerprint density at radius 3 is 2.48 bits per heavy atom. The number of nitrogens with zero attached hydrogens (tertiary/aromatic N) is 4. The molecule has 1 aromatic heterocycles. The summed E-state index contributed by atoms with van der Waals surface area (Å²) in [5.41, 5.74) is 8.54. The maximum absolute atomic E-state index is 6.14. The van der Waals surface area contributed by atoms with E-state index in [9.17, 15) is 0 Å². The van der Waals surface area contributed by atoms with Gasteiger partial charge in [-0.15, -0.1) is 0 Å². The standard InChI is InChI=1S/C15H22ClN5/c1-10(2)21-14-9-12(17)11(16)8-13(14)18-15(21)20-6-4-19(3)5-7-20/h8-10H,4-7,17H2,1-3H3. The second kappa shape index (κ2) is 5.39. The number of rotatable bonds is 2. The van der Waals surface area contributed by atoms with Crippen LogP contribution in [0.3, 0.4) is 0 Å². The molecule has 1 aliphatic heterocycles. The molecule has 0 atom stereocenters. The van der Waals surface area contributed by atoms with Crippen molar-refractivity contribution in [1.82, 2.24) is 14.5 Å². The summed E-state index contributed by atoms with van der Waals surface area (Å²) >= 11 is 6.14. The van der Waals surface area contributed by atoms with Gasteiger partial charge in [-0.3, -0.25) is 0 Å². The Kier molecular flexibility index (Phi) is 3.71. The summed E-state index contributed by atoms with van der Waals surface area (Å²) in [4.78, 5) is 9.51. The molecule has 2 heterocycles. The molecule has 1 fully saturated rings. The molecule has 0 saturated carbocycles. The number of halogens is 1. The number of hydrogen-bond acceptors (Lipinski definition) is 4. The first-order valence-electron chi connectivity index (χ1n) is 7.38. The van der Waals surface area contributed by atoms with Crippen LogP contribution in [0.15, 0.2) is 12.1 Å². The molecule has 0 aliphatic carbocycles. The van der Waals surface area contributed by atoms with Crippen molar-refractivity contribution >= 4 is 34.3 Å². The SMILES string of the molecule is CC(C)n1c(N2CCN(C)CC2)nc2cc(Cl)c(N)cc21. The summed E-state index contributed by atoms with van der Waals surface area (Å²) in [7, 11) is 2.16. The number of piperazine rings is 1. The molecular weight excluding hydrogens is 286 g/mol. The first-order chi connectivity index (χ1) is 9.97. The summed E-state index contributed by atoms with van der Waals surface area (Å²) in [6.45, 7) is 8.46. The van der Waals surface area contributed by atoms with Crippen LogP contribution in [0.25, 0.3) is 11.0 Å². The fourth-order valence-electron chi connectivity index (χ4n) is 2.86. The van der Waals surface area contributed by atoms with Crippen molar-refractivity contribution < 1.29 is 0 Å². The van der Waals surface area contributed by atoms with Crippen molar-refractivity contribution in [2.45, 2.75) is 19.9 Å². The van der Waals surface area contributed by atoms with E-state index in [4.69, 9.17) is 22.3 Å². The minimum Gasteiger partial charge on any atom is -0.397 e. The van der Waals surface area contributed by atoms with E-state index in [2.05, 4.69) is 35.3 Å². The largest absolute Gasteiger partial charge is 0.397 e. The predicted molar refractivity (Wildman–Crippen MR) is 89.3 cm³/mol. The van der Waals surface area contributed by atoms with Crippen molar-refractivity contribution in [3.8, 4) is 0 Å². The summed E-state index contributed by atoms with van der Waals surface area (Å²) in [5.74, 6) is 1.02. The summed E-state index contributed by atoms with van der Waals surface area (Å²) in [6.07, 6.45) is 0. The monoisotopic (exact) mass is 307 g/mol. The molecule has 0 spiro atoms. The van der Waals surface area contributed by atoms with Gasteiger partial charge in [-0.05, 0) is 33.0 Å². The zero-order valence-corrected chi connectivity index (χ0v) is 13.6. The second-order valence-corrected chi connectivity index (χ2v) is 6.44. The van der Waals surface area contributed by atoms with Crippen molar-refractivity contribution in [3.05, 3.63) is 17.2 Å². The number of imidazole rings is 1. The lowest BCUT2D eigenvalue weighted by molar-refractivity contribution is 0.309. The van der Waals surface area contributed by atoms with E-state index in [0.717, 1.165) is 43.2 Å². The molecule has 2 aromatic rings. The molecular formula is C15H22ClN5. The van der Waals surface area contributed by atoms with Gasteiger partial charge in [0.2, 0.25) is 5.95 Å². The average molecular weight is 308 g/mol. The first-order valence-corrected chi connectivity index (χ1v) is 7.75. The number of aromatic nitrogens is 2. The smallest absolute Gasteiger partial charge is 0.206 e. The molecule has 0 bridgehead atoms. The van der Waals surface area contributed by atoms with Gasteiger partial charge in [0, 0.05) is 32.2 Å². The van der Waals surface area contributed by atoms with Gasteiger partial charge >= 0.3 is 0 Å². The van der Waals surface area contributed by atoms with Crippen molar-refractivity contribution in [3.63, 3.8) is 0 Å². The van der Waals surface area contributed by atoms with Crippen LogP contribution >= 0.6 is 11.6 Å². The lowest BCUT2D eigenvalue weighted by Crippen LogP contribution is -2.45. The van der Waals surface area contributed by atoms with Crippen molar-refractivity contribution in [2.24, 2.45) is 0 Å². The number of benzene rings is 1. The van der Waals surface area contributed by atoms with Gasteiger partial charge in [-0.2, -0.15) is 0 Å². The summed E-state index contributed by atoms with van der Waals surface area (Å²) < 4.78 is 2.26. The van der Waals surface area contributed by atoms with Crippen molar-refractivity contribution in [1.29, 1.82) is 0 Å². The summed E-state index contributed by atoms with van der Waals surface area (Å²) in [6, 6.07) is 4.12. The summed E-state index contributed by atoms with van der Waals surface area (Å²) in [5, 5.41) is 0.570. The van der Waals surface area contributed by atoms with Crippen LogP contribution in [0.5, 0.6) is 0 Å². The Morgan fingerprint density at radius 2 is 1.86 bits per heavy atom. The normalized spacial score (nSPS) is 17.1. The lowest BCUT2D eigenvalue weighted by Gasteiger charge is -2.34. The van der Waals surface area contributed by atoms with Crippen LogP contribution in [-0.2, 0) is 0 Å². The number of hydrogen-bond donors (Lipinski definition) is 1. The number of likely N-dealkylation sites (N-methyl/N-ethyl adjacent to an activating group) is 1. The van der Waals surface area contributed by atoms with Gasteiger partial charge in [0.1, 0.15) is 0 Å². The number of nitrogen functional groups attached to an aromatic ring is 1. The third kappa shape index (κ3) is 2.56. The van der Waals surface area contributed by atoms with Gasteiger partial charge in [0.25, 0.3) is 0 Å². The van der Waals surface area contributed by atoms with E-state index < -0.39 is 0 Å². The van der Waals surface area contributed by atoms with Gasteiger partial charge in [-0.25, -0.2) is 4.98 Å². The fraction of sp³-hybridized carbons (Fsp3) is 0.533. The van der Waals surface area contributed by atoms with Crippen LogP contribution < -0.4 is 10.6 Å². The van der Waals surface area contributed by atoms with Crippen LogP contribution in [0.2, 0.25) is 5.02 Å². The molecule has 1 aliphatic rings. The zero-order valence-electron chi connectivity index (χ0n) is 12.8. The highest BCUT2D eigenvalue weighted by atomic mass is 35.5. The molecule has 0 radical (unpaired) electrons. The third-order valence-corrected chi connectivity index (χ3v) is 4.42. The second-order valence-electron chi connectivity index (χ2n) is 6.03.